The van der Waals surface area contributed by atoms with Gasteiger partial charge >= 0.3 is 5.97 Å². The number of esters is 1. The Morgan fingerprint density at radius 1 is 1.70 bits per heavy atom. The highest BCUT2D eigenvalue weighted by atomic mass is 128. The van der Waals surface area contributed by atoms with E-state index in [1.807, 2.05) is 0 Å². The molecule has 3 nitrogen and oxygen atoms in total. The van der Waals surface area contributed by atoms with Crippen LogP contribution in [0.5, 0.6) is 0 Å². The summed E-state index contributed by atoms with van der Waals surface area (Å²) in [4.78, 5) is 10.2. The quantitative estimate of drug-likeness (QED) is 0.524. The highest BCUT2D eigenvalue weighted by Gasteiger charge is 2.13. The van der Waals surface area contributed by atoms with E-state index in [9.17, 15) is 4.79 Å². The maximum atomic E-state index is 10.2. The van der Waals surface area contributed by atoms with Crippen LogP contribution in [0, 0.1) is 0 Å². The third-order valence-corrected chi connectivity index (χ3v) is 0.854. The molecule has 0 amide bonds. The Morgan fingerprint density at radius 3 is 2.50 bits per heavy atom. The van der Waals surface area contributed by atoms with Gasteiger partial charge in [-0.3, -0.25) is 0 Å². The number of halogens is 2. The number of carbonyl (C=O) groups is 1. The van der Waals surface area contributed by atoms with Gasteiger partial charge in [0, 0.05) is 50.4 Å². The number of hydrogen-bond acceptors (Lipinski definition) is 3. The van der Waals surface area contributed by atoms with E-state index >= 15 is 0 Å². The number of ether oxygens (including phenoxy) is 2. The van der Waals surface area contributed by atoms with Crippen molar-refractivity contribution in [1.82, 2.24) is 0 Å². The summed E-state index contributed by atoms with van der Waals surface area (Å²) in [6, 6.07) is 0. The molecule has 0 spiro atoms. The van der Waals surface area contributed by atoms with Crippen LogP contribution in [0.4, 0.5) is 0 Å². The average Bonchev–Trinajstić information content (AvgIpc) is 2.40. The van der Waals surface area contributed by atoms with Crippen LogP contribution in [0.1, 0.15) is 0 Å². The van der Waals surface area contributed by atoms with Gasteiger partial charge in [0.05, 0.1) is 0 Å². The molecular weight excluding hydrogens is 362 g/mol. The van der Waals surface area contributed by atoms with Crippen molar-refractivity contribution in [3.63, 3.8) is 0 Å². The Hall–Kier alpha value is 0.630. The normalized spacial score (nSPS) is 21.5. The molecule has 1 atom stereocenters. The Bertz CT molecular complexity index is 135. The minimum Gasteiger partial charge on any atom is -0.429 e. The summed E-state index contributed by atoms with van der Waals surface area (Å²) in [6.45, 7) is 0. The molecule has 1 aliphatic rings. The summed E-state index contributed by atoms with van der Waals surface area (Å²) in [5, 5.41) is 0. The second kappa shape index (κ2) is 6.35. The van der Waals surface area contributed by atoms with E-state index in [1.54, 1.807) is 6.08 Å². The molecule has 0 fully saturated rings. The second-order valence-electron chi connectivity index (χ2n) is 1.40. The van der Waals surface area contributed by atoms with Gasteiger partial charge in [-0.25, -0.2) is 4.79 Å². The van der Waals surface area contributed by atoms with Crippen molar-refractivity contribution in [3.05, 3.63) is 12.2 Å². The molecule has 0 radical (unpaired) electrons. The lowest BCUT2D eigenvalue weighted by Gasteiger charge is -2.02. The molecule has 0 aliphatic carbocycles. The SMILES string of the molecule is COC1C=CC(=O)O1.II. The third kappa shape index (κ3) is 3.71. The maximum Gasteiger partial charge on any atom is 0.333 e. The van der Waals surface area contributed by atoms with Crippen LogP contribution < -0.4 is 0 Å². The Kier molecular flexibility index (Phi) is 6.75. The molecule has 10 heavy (non-hydrogen) atoms. The van der Waals surface area contributed by atoms with Gasteiger partial charge in [0.1, 0.15) is 0 Å². The van der Waals surface area contributed by atoms with Crippen LogP contribution in [0.3, 0.4) is 0 Å². The molecule has 0 N–H and O–H groups in total. The number of cyclic esters (lactones) is 1. The highest BCUT2D eigenvalue weighted by molar-refractivity contribution is 15.0. The smallest absolute Gasteiger partial charge is 0.333 e. The lowest BCUT2D eigenvalue weighted by Crippen LogP contribution is -2.08. The summed E-state index contributed by atoms with van der Waals surface area (Å²) in [5.74, 6) is -0.336. The molecule has 1 aliphatic heterocycles. The van der Waals surface area contributed by atoms with Gasteiger partial charge in [-0.2, -0.15) is 0 Å². The van der Waals surface area contributed by atoms with Crippen molar-refractivity contribution in [2.45, 2.75) is 6.29 Å². The van der Waals surface area contributed by atoms with E-state index in [-0.39, 0.29) is 5.97 Å². The summed E-state index contributed by atoms with van der Waals surface area (Å²) in [7, 11) is 1.48. The first kappa shape index (κ1) is 10.6. The van der Waals surface area contributed by atoms with Crippen LogP contribution in [-0.4, -0.2) is 19.4 Å². The molecule has 0 saturated heterocycles. The van der Waals surface area contributed by atoms with Crippen molar-refractivity contribution >= 4 is 43.2 Å². The molecule has 5 heteroatoms. The van der Waals surface area contributed by atoms with Crippen molar-refractivity contribution in [2.75, 3.05) is 7.11 Å². The minimum absolute atomic E-state index is 0.336. The molecule has 0 aromatic rings. The molecule has 1 heterocycles. The van der Waals surface area contributed by atoms with Gasteiger partial charge in [-0.15, -0.1) is 0 Å². The number of methoxy groups -OCH3 is 1. The van der Waals surface area contributed by atoms with Crippen molar-refractivity contribution < 1.29 is 14.3 Å². The maximum absolute atomic E-state index is 10.2. The summed E-state index contributed by atoms with van der Waals surface area (Å²) < 4.78 is 9.19. The van der Waals surface area contributed by atoms with Gasteiger partial charge in [0.25, 0.3) is 0 Å². The largest absolute Gasteiger partial charge is 0.429 e. The van der Waals surface area contributed by atoms with E-state index in [0.717, 1.165) is 0 Å². The number of carbonyl (C=O) groups excluding carboxylic acids is 1. The molecule has 0 aromatic heterocycles. The zero-order valence-corrected chi connectivity index (χ0v) is 9.53. The second-order valence-corrected chi connectivity index (χ2v) is 1.40. The standard InChI is InChI=1S/C5H6O3.I2/c1-7-5-3-2-4(6)8-5;1-2/h2-3,5H,1H3;. The molecule has 1 rings (SSSR count). The van der Waals surface area contributed by atoms with Crippen molar-refractivity contribution in [1.29, 1.82) is 0 Å². The molecule has 58 valence electrons. The van der Waals surface area contributed by atoms with Crippen molar-refractivity contribution in [3.8, 4) is 0 Å². The van der Waals surface area contributed by atoms with E-state index < -0.39 is 6.29 Å². The first-order chi connectivity index (χ1) is 4.83. The number of hydrogen-bond donors (Lipinski definition) is 0. The summed E-state index contributed by atoms with van der Waals surface area (Å²) in [6.07, 6.45) is 2.44. The molecule has 1 unspecified atom stereocenters. The zero-order chi connectivity index (χ0) is 7.98. The van der Waals surface area contributed by atoms with Gasteiger partial charge in [0.2, 0.25) is 6.29 Å². The average molecular weight is 368 g/mol. The Balaban J connectivity index is 0.000000371. The van der Waals surface area contributed by atoms with E-state index in [2.05, 4.69) is 46.7 Å². The monoisotopic (exact) mass is 368 g/mol. The van der Waals surface area contributed by atoms with Crippen LogP contribution in [0.2, 0.25) is 0 Å². The minimum atomic E-state index is -0.456. The van der Waals surface area contributed by atoms with Crippen LogP contribution >= 0.6 is 37.2 Å². The van der Waals surface area contributed by atoms with E-state index in [4.69, 9.17) is 0 Å². The third-order valence-electron chi connectivity index (χ3n) is 0.854. The molecule has 0 saturated carbocycles. The van der Waals surface area contributed by atoms with Crippen LogP contribution in [0.25, 0.3) is 0 Å². The topological polar surface area (TPSA) is 35.5 Å². The fourth-order valence-corrected chi connectivity index (χ4v) is 0.477. The van der Waals surface area contributed by atoms with Gasteiger partial charge < -0.3 is 9.47 Å². The summed E-state index contributed by atoms with van der Waals surface area (Å²) >= 11 is 4.24. The fourth-order valence-electron chi connectivity index (χ4n) is 0.477. The summed E-state index contributed by atoms with van der Waals surface area (Å²) in [5.41, 5.74) is 0. The first-order valence-corrected chi connectivity index (χ1v) is 8.67. The Labute approximate surface area is 82.5 Å². The van der Waals surface area contributed by atoms with Crippen molar-refractivity contribution in [2.24, 2.45) is 0 Å². The van der Waals surface area contributed by atoms with Gasteiger partial charge in [-0.1, -0.05) is 0 Å². The van der Waals surface area contributed by atoms with Gasteiger partial charge in [0.15, 0.2) is 0 Å². The molecular formula is C5H6I2O3. The predicted molar refractivity (Wildman–Crippen MR) is 54.1 cm³/mol. The lowest BCUT2D eigenvalue weighted by molar-refractivity contribution is -0.154. The molecule has 0 aromatic carbocycles. The lowest BCUT2D eigenvalue weighted by atomic mass is 10.5. The highest BCUT2D eigenvalue weighted by Crippen LogP contribution is 2.03. The van der Waals surface area contributed by atoms with Crippen LogP contribution in [0.15, 0.2) is 12.2 Å². The predicted octanol–water partition coefficient (Wildman–Crippen LogP) is 1.84. The number of rotatable bonds is 1. The molecule has 0 bridgehead atoms. The van der Waals surface area contributed by atoms with E-state index in [0.29, 0.717) is 0 Å². The Morgan fingerprint density at radius 2 is 2.30 bits per heavy atom. The zero-order valence-electron chi connectivity index (χ0n) is 5.21. The van der Waals surface area contributed by atoms with E-state index in [1.165, 1.54) is 13.2 Å². The van der Waals surface area contributed by atoms with Gasteiger partial charge in [-0.05, 0) is 6.08 Å². The first-order valence-electron chi connectivity index (χ1n) is 2.39. The fraction of sp³-hybridized carbons (Fsp3) is 0.400. The van der Waals surface area contributed by atoms with Crippen LogP contribution in [-0.2, 0) is 14.3 Å².